The topological polar surface area (TPSA) is 0 Å². The Kier molecular flexibility index (Phi) is 15.9. The molecule has 1 fully saturated rings. The fourth-order valence-electron chi connectivity index (χ4n) is 3.78. The molecule has 0 bridgehead atoms. The zero-order valence-electron chi connectivity index (χ0n) is 14.3. The molecule has 21 heavy (non-hydrogen) atoms. The van der Waals surface area contributed by atoms with Gasteiger partial charge in [-0.1, -0.05) is 90.9 Å². The van der Waals surface area contributed by atoms with Gasteiger partial charge in [0.25, 0.3) is 0 Å². The molecule has 2 atom stereocenters. The number of hydrogen-bond donors (Lipinski definition) is 0. The van der Waals surface area contributed by atoms with E-state index in [0.29, 0.717) is 0 Å². The van der Waals surface area contributed by atoms with E-state index < -0.39 is 0 Å². The van der Waals surface area contributed by atoms with Crippen LogP contribution in [0.25, 0.3) is 0 Å². The zero-order valence-corrected chi connectivity index (χ0v) is 14.3. The van der Waals surface area contributed by atoms with Gasteiger partial charge >= 0.3 is 18.9 Å². The molecule has 0 aliphatic heterocycles. The first kappa shape index (κ1) is 21.6. The van der Waals surface area contributed by atoms with Gasteiger partial charge in [0.05, 0.1) is 0 Å². The SMILES string of the molecule is CCCCCCCC1C[CH]CC(CCCCCCC)C1.[LiH]. The second-order valence-electron chi connectivity index (χ2n) is 7.13. The summed E-state index contributed by atoms with van der Waals surface area (Å²) in [7, 11) is 0. The third-order valence-corrected chi connectivity index (χ3v) is 5.10. The Bertz CT molecular complexity index is 182. The van der Waals surface area contributed by atoms with Crippen molar-refractivity contribution in [3.63, 3.8) is 0 Å². The summed E-state index contributed by atoms with van der Waals surface area (Å²) in [5.74, 6) is 2.07. The van der Waals surface area contributed by atoms with Gasteiger partial charge in [-0.25, -0.2) is 0 Å². The first-order valence-corrected chi connectivity index (χ1v) is 9.68. The van der Waals surface area contributed by atoms with Crippen LogP contribution in [-0.4, -0.2) is 18.9 Å². The van der Waals surface area contributed by atoms with Crippen molar-refractivity contribution >= 4 is 18.9 Å². The molecular formula is C20H40Li. The summed E-state index contributed by atoms with van der Waals surface area (Å²) in [6.45, 7) is 4.61. The molecule has 1 aliphatic rings. The van der Waals surface area contributed by atoms with Crippen LogP contribution in [0.4, 0.5) is 0 Å². The minimum atomic E-state index is 0. The van der Waals surface area contributed by atoms with Crippen LogP contribution in [0.1, 0.15) is 110 Å². The van der Waals surface area contributed by atoms with Crippen LogP contribution in [0.2, 0.25) is 0 Å². The van der Waals surface area contributed by atoms with Gasteiger partial charge in [-0.05, 0) is 37.5 Å². The molecule has 1 saturated carbocycles. The minimum absolute atomic E-state index is 0. The average molecular weight is 287 g/mol. The van der Waals surface area contributed by atoms with Gasteiger partial charge in [0.2, 0.25) is 0 Å². The molecule has 1 radical (unpaired) electrons. The molecule has 0 spiro atoms. The van der Waals surface area contributed by atoms with Crippen LogP contribution in [0.3, 0.4) is 0 Å². The Labute approximate surface area is 147 Å². The summed E-state index contributed by atoms with van der Waals surface area (Å²) in [6, 6.07) is 0. The predicted octanol–water partition coefficient (Wildman–Crippen LogP) is 6.68. The van der Waals surface area contributed by atoms with Crippen LogP contribution in [-0.2, 0) is 0 Å². The molecule has 0 aromatic heterocycles. The fourth-order valence-corrected chi connectivity index (χ4v) is 3.78. The summed E-state index contributed by atoms with van der Waals surface area (Å²) in [5, 5.41) is 0. The average Bonchev–Trinajstić information content (AvgIpc) is 2.47. The van der Waals surface area contributed by atoms with E-state index in [4.69, 9.17) is 0 Å². The second kappa shape index (κ2) is 15.5. The van der Waals surface area contributed by atoms with E-state index in [-0.39, 0.29) is 18.9 Å². The van der Waals surface area contributed by atoms with Gasteiger partial charge in [-0.2, -0.15) is 0 Å². The molecule has 0 nitrogen and oxygen atoms in total. The van der Waals surface area contributed by atoms with Crippen LogP contribution in [0.15, 0.2) is 0 Å². The third kappa shape index (κ3) is 11.8. The van der Waals surface area contributed by atoms with E-state index in [1.54, 1.807) is 0 Å². The van der Waals surface area contributed by atoms with E-state index in [1.165, 1.54) is 96.3 Å². The zero-order chi connectivity index (χ0) is 14.5. The summed E-state index contributed by atoms with van der Waals surface area (Å²) in [6.07, 6.45) is 24.5. The summed E-state index contributed by atoms with van der Waals surface area (Å²) in [4.78, 5) is 0. The molecule has 2 unspecified atom stereocenters. The Morgan fingerprint density at radius 1 is 0.667 bits per heavy atom. The van der Waals surface area contributed by atoms with E-state index in [2.05, 4.69) is 20.3 Å². The first-order valence-electron chi connectivity index (χ1n) is 9.68. The number of rotatable bonds is 12. The summed E-state index contributed by atoms with van der Waals surface area (Å²) >= 11 is 0. The molecule has 0 N–H and O–H groups in total. The Morgan fingerprint density at radius 3 is 1.52 bits per heavy atom. The van der Waals surface area contributed by atoms with Crippen molar-refractivity contribution in [1.82, 2.24) is 0 Å². The molecule has 0 aromatic carbocycles. The first-order chi connectivity index (χ1) is 9.86. The van der Waals surface area contributed by atoms with Crippen molar-refractivity contribution in [3.05, 3.63) is 6.42 Å². The maximum absolute atomic E-state index is 2.61. The number of unbranched alkanes of at least 4 members (excludes halogenated alkanes) is 8. The van der Waals surface area contributed by atoms with E-state index in [1.807, 2.05) is 0 Å². The van der Waals surface area contributed by atoms with Gasteiger partial charge < -0.3 is 0 Å². The molecule has 0 heterocycles. The van der Waals surface area contributed by atoms with Crippen LogP contribution in [0, 0.1) is 18.3 Å². The molecule has 0 amide bonds. The van der Waals surface area contributed by atoms with Gasteiger partial charge in [0.15, 0.2) is 0 Å². The summed E-state index contributed by atoms with van der Waals surface area (Å²) in [5.41, 5.74) is 0. The van der Waals surface area contributed by atoms with E-state index in [9.17, 15) is 0 Å². The maximum atomic E-state index is 2.61. The van der Waals surface area contributed by atoms with Crippen LogP contribution >= 0.6 is 0 Å². The normalized spacial score (nSPS) is 22.0. The van der Waals surface area contributed by atoms with Crippen molar-refractivity contribution < 1.29 is 0 Å². The second-order valence-corrected chi connectivity index (χ2v) is 7.13. The van der Waals surface area contributed by atoms with E-state index >= 15 is 0 Å². The predicted molar refractivity (Wildman–Crippen MR) is 99.0 cm³/mol. The number of hydrogen-bond acceptors (Lipinski definition) is 0. The molecule has 1 heteroatoms. The van der Waals surface area contributed by atoms with Crippen molar-refractivity contribution in [1.29, 1.82) is 0 Å². The van der Waals surface area contributed by atoms with Gasteiger partial charge in [0, 0.05) is 0 Å². The monoisotopic (exact) mass is 287 g/mol. The van der Waals surface area contributed by atoms with Gasteiger partial charge in [-0.15, -0.1) is 0 Å². The molecule has 1 rings (SSSR count). The Morgan fingerprint density at radius 2 is 1.10 bits per heavy atom. The van der Waals surface area contributed by atoms with Crippen LogP contribution < -0.4 is 0 Å². The molecule has 0 saturated heterocycles. The molecular weight excluding hydrogens is 247 g/mol. The standard InChI is InChI=1S/C20H39.Li.H/c1-3-5-7-9-11-14-19-16-13-17-20(18-19)15-12-10-8-6-4-2;;/h13,19-20H,3-12,14-18H2,1-2H3;;. The molecule has 0 aromatic rings. The molecule has 1 aliphatic carbocycles. The van der Waals surface area contributed by atoms with Crippen LogP contribution in [0.5, 0.6) is 0 Å². The van der Waals surface area contributed by atoms with Crippen molar-refractivity contribution in [3.8, 4) is 0 Å². The van der Waals surface area contributed by atoms with E-state index in [0.717, 1.165) is 11.8 Å². The van der Waals surface area contributed by atoms with Crippen molar-refractivity contribution in [2.75, 3.05) is 0 Å². The Balaban J connectivity index is 0.00000400. The van der Waals surface area contributed by atoms with Crippen molar-refractivity contribution in [2.45, 2.75) is 110 Å². The summed E-state index contributed by atoms with van der Waals surface area (Å²) < 4.78 is 0. The third-order valence-electron chi connectivity index (χ3n) is 5.10. The quantitative estimate of drug-likeness (QED) is 0.277. The Hall–Kier alpha value is 0.597. The van der Waals surface area contributed by atoms with Gasteiger partial charge in [-0.3, -0.25) is 0 Å². The fraction of sp³-hybridized carbons (Fsp3) is 0.950. The van der Waals surface area contributed by atoms with Crippen molar-refractivity contribution in [2.24, 2.45) is 11.8 Å². The molecule has 121 valence electrons. The van der Waals surface area contributed by atoms with Gasteiger partial charge in [0.1, 0.15) is 0 Å².